The molecule has 3 heteroatoms. The molecule has 1 atom stereocenters. The Kier molecular flexibility index (Phi) is 6.41. The lowest BCUT2D eigenvalue weighted by atomic mass is 9.97. The van der Waals surface area contributed by atoms with Crippen LogP contribution in [0.15, 0.2) is 11.6 Å². The first-order chi connectivity index (χ1) is 8.50. The summed E-state index contributed by atoms with van der Waals surface area (Å²) in [6, 6.07) is 0.413. The molecule has 104 valence electrons. The van der Waals surface area contributed by atoms with Gasteiger partial charge in [-0.1, -0.05) is 18.6 Å². The summed E-state index contributed by atoms with van der Waals surface area (Å²) in [5.74, 6) is -0.981. The molecule has 3 nitrogen and oxygen atoms in total. The zero-order valence-corrected chi connectivity index (χ0v) is 12.0. The van der Waals surface area contributed by atoms with Gasteiger partial charge in [0.1, 0.15) is 0 Å². The third kappa shape index (κ3) is 5.21. The molecule has 0 spiro atoms. The fraction of sp³-hybridized carbons (Fsp3) is 0.800. The number of carbonyl (C=O) groups is 1. The van der Waals surface area contributed by atoms with E-state index in [1.54, 1.807) is 12.5 Å². The van der Waals surface area contributed by atoms with E-state index in [4.69, 9.17) is 5.11 Å². The van der Waals surface area contributed by atoms with E-state index in [1.165, 1.54) is 25.7 Å². The maximum atomic E-state index is 10.9. The number of carboxylic acids is 1. The van der Waals surface area contributed by atoms with Crippen LogP contribution in [0.2, 0.25) is 0 Å². The van der Waals surface area contributed by atoms with Gasteiger partial charge in [-0.05, 0) is 46.0 Å². The smallest absolute Gasteiger partial charge is 0.307 e. The summed E-state index contributed by atoms with van der Waals surface area (Å²) in [7, 11) is 0. The molecule has 0 heterocycles. The minimum atomic E-state index is -0.697. The van der Waals surface area contributed by atoms with Crippen molar-refractivity contribution in [2.24, 2.45) is 5.92 Å². The van der Waals surface area contributed by atoms with Crippen molar-refractivity contribution in [1.29, 1.82) is 0 Å². The van der Waals surface area contributed by atoms with Crippen LogP contribution in [0, 0.1) is 5.92 Å². The fourth-order valence-corrected chi connectivity index (χ4v) is 2.41. The van der Waals surface area contributed by atoms with Gasteiger partial charge in [0.2, 0.25) is 0 Å². The Balaban J connectivity index is 2.42. The van der Waals surface area contributed by atoms with Crippen molar-refractivity contribution in [3.63, 3.8) is 0 Å². The molecule has 0 saturated carbocycles. The van der Waals surface area contributed by atoms with Crippen LogP contribution in [-0.4, -0.2) is 35.1 Å². The van der Waals surface area contributed by atoms with Crippen LogP contribution < -0.4 is 0 Å². The first-order valence-electron chi connectivity index (χ1n) is 7.15. The Morgan fingerprint density at radius 1 is 1.39 bits per heavy atom. The fourth-order valence-electron chi connectivity index (χ4n) is 2.41. The Morgan fingerprint density at radius 2 is 2.11 bits per heavy atom. The monoisotopic (exact) mass is 253 g/mol. The second-order valence-corrected chi connectivity index (χ2v) is 5.69. The first kappa shape index (κ1) is 15.2. The van der Waals surface area contributed by atoms with Crippen LogP contribution in [-0.2, 0) is 4.79 Å². The molecule has 1 unspecified atom stereocenters. The highest BCUT2D eigenvalue weighted by Crippen LogP contribution is 2.21. The van der Waals surface area contributed by atoms with Crippen molar-refractivity contribution in [1.82, 2.24) is 4.90 Å². The molecular formula is C15H27NO2. The summed E-state index contributed by atoms with van der Waals surface area (Å²) < 4.78 is 0. The van der Waals surface area contributed by atoms with Crippen LogP contribution in [0.5, 0.6) is 0 Å². The molecule has 0 bridgehead atoms. The predicted molar refractivity (Wildman–Crippen MR) is 74.7 cm³/mol. The molecule has 1 rings (SSSR count). The molecule has 0 aromatic heterocycles. The summed E-state index contributed by atoms with van der Waals surface area (Å²) in [4.78, 5) is 13.2. The summed E-state index contributed by atoms with van der Waals surface area (Å²) >= 11 is 0. The van der Waals surface area contributed by atoms with Crippen LogP contribution in [0.3, 0.4) is 0 Å². The van der Waals surface area contributed by atoms with E-state index < -0.39 is 5.97 Å². The molecule has 0 aliphatic heterocycles. The highest BCUT2D eigenvalue weighted by atomic mass is 16.4. The lowest BCUT2D eigenvalue weighted by Crippen LogP contribution is -2.37. The van der Waals surface area contributed by atoms with Crippen molar-refractivity contribution < 1.29 is 9.90 Å². The first-order valence-corrected chi connectivity index (χ1v) is 7.15. The van der Waals surface area contributed by atoms with Gasteiger partial charge in [-0.2, -0.15) is 0 Å². The second kappa shape index (κ2) is 7.57. The summed E-state index contributed by atoms with van der Waals surface area (Å²) in [6.45, 7) is 7.71. The van der Waals surface area contributed by atoms with Crippen LogP contribution >= 0.6 is 0 Å². The van der Waals surface area contributed by atoms with Crippen molar-refractivity contribution >= 4 is 5.97 Å². The molecule has 0 fully saturated rings. The average molecular weight is 253 g/mol. The largest absolute Gasteiger partial charge is 0.481 e. The third-order valence-corrected chi connectivity index (χ3v) is 3.77. The van der Waals surface area contributed by atoms with E-state index in [9.17, 15) is 4.79 Å². The maximum absolute atomic E-state index is 10.9. The SMILES string of the molecule is CC(CN(CCC1=CCCCC1)C(C)C)C(=O)O. The third-order valence-electron chi connectivity index (χ3n) is 3.77. The van der Waals surface area contributed by atoms with Gasteiger partial charge in [-0.25, -0.2) is 0 Å². The lowest BCUT2D eigenvalue weighted by Gasteiger charge is -2.28. The lowest BCUT2D eigenvalue weighted by molar-refractivity contribution is -0.141. The minimum Gasteiger partial charge on any atom is -0.481 e. The predicted octanol–water partition coefficient (Wildman–Crippen LogP) is 3.31. The zero-order valence-electron chi connectivity index (χ0n) is 12.0. The average Bonchev–Trinajstić information content (AvgIpc) is 2.34. The zero-order chi connectivity index (χ0) is 13.5. The molecule has 1 N–H and O–H groups in total. The Morgan fingerprint density at radius 3 is 2.61 bits per heavy atom. The number of aliphatic carboxylic acids is 1. The molecule has 1 aliphatic rings. The molecular weight excluding hydrogens is 226 g/mol. The number of hydrogen-bond donors (Lipinski definition) is 1. The molecule has 1 aliphatic carbocycles. The molecule has 0 saturated heterocycles. The highest BCUT2D eigenvalue weighted by molar-refractivity contribution is 5.69. The van der Waals surface area contributed by atoms with Gasteiger partial charge < -0.3 is 5.11 Å². The highest BCUT2D eigenvalue weighted by Gasteiger charge is 2.18. The summed E-state index contributed by atoms with van der Waals surface area (Å²) in [6.07, 6.45) is 8.59. The van der Waals surface area contributed by atoms with E-state index in [2.05, 4.69) is 24.8 Å². The van der Waals surface area contributed by atoms with Crippen LogP contribution in [0.1, 0.15) is 52.9 Å². The van der Waals surface area contributed by atoms with Gasteiger partial charge in [0.05, 0.1) is 5.92 Å². The number of allylic oxidation sites excluding steroid dienone is 1. The maximum Gasteiger partial charge on any atom is 0.307 e. The standard InChI is InChI=1S/C15H27NO2/c1-12(2)16(11-13(3)15(17)18)10-9-14-7-5-4-6-8-14/h7,12-13H,4-6,8-11H2,1-3H3,(H,17,18). The van der Waals surface area contributed by atoms with E-state index in [-0.39, 0.29) is 5.92 Å². The quantitative estimate of drug-likeness (QED) is 0.708. The van der Waals surface area contributed by atoms with Crippen molar-refractivity contribution in [3.8, 4) is 0 Å². The number of rotatable bonds is 7. The Bertz CT molecular complexity index is 297. The molecule has 0 aromatic carbocycles. The van der Waals surface area contributed by atoms with Crippen molar-refractivity contribution in [2.75, 3.05) is 13.1 Å². The Hall–Kier alpha value is -0.830. The van der Waals surface area contributed by atoms with Gasteiger partial charge in [0.25, 0.3) is 0 Å². The van der Waals surface area contributed by atoms with Crippen molar-refractivity contribution in [3.05, 3.63) is 11.6 Å². The Labute approximate surface area is 111 Å². The summed E-state index contributed by atoms with van der Waals surface area (Å²) in [5, 5.41) is 8.99. The van der Waals surface area contributed by atoms with Gasteiger partial charge in [-0.15, -0.1) is 0 Å². The van der Waals surface area contributed by atoms with Gasteiger partial charge >= 0.3 is 5.97 Å². The number of carboxylic acid groups (broad SMARTS) is 1. The number of nitrogens with zero attached hydrogens (tertiary/aromatic N) is 1. The van der Waals surface area contributed by atoms with Gasteiger partial charge in [0.15, 0.2) is 0 Å². The van der Waals surface area contributed by atoms with Crippen LogP contribution in [0.25, 0.3) is 0 Å². The van der Waals surface area contributed by atoms with E-state index in [1.807, 2.05) is 0 Å². The van der Waals surface area contributed by atoms with Gasteiger partial charge in [-0.3, -0.25) is 9.69 Å². The van der Waals surface area contributed by atoms with Crippen molar-refractivity contribution in [2.45, 2.75) is 58.9 Å². The number of hydrogen-bond acceptors (Lipinski definition) is 2. The van der Waals surface area contributed by atoms with E-state index in [0.29, 0.717) is 12.6 Å². The summed E-state index contributed by atoms with van der Waals surface area (Å²) in [5.41, 5.74) is 1.56. The van der Waals surface area contributed by atoms with Crippen LogP contribution in [0.4, 0.5) is 0 Å². The normalized spacial score (nSPS) is 17.9. The molecule has 18 heavy (non-hydrogen) atoms. The topological polar surface area (TPSA) is 40.5 Å². The van der Waals surface area contributed by atoms with Gasteiger partial charge in [0, 0.05) is 19.1 Å². The van der Waals surface area contributed by atoms with E-state index >= 15 is 0 Å². The molecule has 0 radical (unpaired) electrons. The van der Waals surface area contributed by atoms with E-state index in [0.717, 1.165) is 13.0 Å². The minimum absolute atomic E-state index is 0.285. The second-order valence-electron chi connectivity index (χ2n) is 5.69. The molecule has 0 aromatic rings. The molecule has 0 amide bonds.